The molecule has 100 valence electrons. The van der Waals surface area contributed by atoms with Gasteiger partial charge in [-0.1, -0.05) is 24.5 Å². The average Bonchev–Trinajstić information content (AvgIpc) is 2.74. The molecule has 3 N–H and O–H groups in total. The highest BCUT2D eigenvalue weighted by Gasteiger charge is 2.21. The molecule has 6 nitrogen and oxygen atoms in total. The summed E-state index contributed by atoms with van der Waals surface area (Å²) in [5.74, 6) is -0.424. The molecule has 18 heavy (non-hydrogen) atoms. The van der Waals surface area contributed by atoms with Crippen molar-refractivity contribution < 1.29 is 9.90 Å². The summed E-state index contributed by atoms with van der Waals surface area (Å²) in [6.07, 6.45) is 6.74. The highest BCUT2D eigenvalue weighted by atomic mass is 16.4. The van der Waals surface area contributed by atoms with E-state index in [0.717, 1.165) is 6.54 Å². The van der Waals surface area contributed by atoms with Crippen molar-refractivity contribution in [1.29, 1.82) is 0 Å². The standard InChI is InChI=1S/C12H20N4O2/c13-7-6-10-11(12(17)18)14-15-16(10)8-9-4-2-1-3-5-9/h9H,1-8,13H2,(H,17,18). The van der Waals surface area contributed by atoms with Crippen molar-refractivity contribution in [2.75, 3.05) is 6.54 Å². The van der Waals surface area contributed by atoms with E-state index in [-0.39, 0.29) is 5.69 Å². The number of rotatable bonds is 5. The Kier molecular flexibility index (Phi) is 4.30. The van der Waals surface area contributed by atoms with E-state index in [9.17, 15) is 4.79 Å². The molecule has 1 fully saturated rings. The summed E-state index contributed by atoms with van der Waals surface area (Å²) in [7, 11) is 0. The lowest BCUT2D eigenvalue weighted by Crippen LogP contribution is -2.19. The molecule has 1 aromatic heterocycles. The summed E-state index contributed by atoms with van der Waals surface area (Å²) in [4.78, 5) is 11.0. The van der Waals surface area contributed by atoms with Crippen molar-refractivity contribution in [3.05, 3.63) is 11.4 Å². The first-order valence-electron chi connectivity index (χ1n) is 6.58. The number of carboxylic acids is 1. The molecule has 0 amide bonds. The molecule has 0 atom stereocenters. The highest BCUT2D eigenvalue weighted by molar-refractivity contribution is 5.86. The van der Waals surface area contributed by atoms with Gasteiger partial charge in [0.25, 0.3) is 0 Å². The van der Waals surface area contributed by atoms with Gasteiger partial charge in [0, 0.05) is 13.0 Å². The van der Waals surface area contributed by atoms with Crippen LogP contribution in [0.1, 0.15) is 48.3 Å². The monoisotopic (exact) mass is 252 g/mol. The van der Waals surface area contributed by atoms with Crippen LogP contribution in [0.4, 0.5) is 0 Å². The Morgan fingerprint density at radius 2 is 2.11 bits per heavy atom. The summed E-state index contributed by atoms with van der Waals surface area (Å²) < 4.78 is 1.74. The fourth-order valence-electron chi connectivity index (χ4n) is 2.64. The Balaban J connectivity index is 2.13. The van der Waals surface area contributed by atoms with E-state index in [1.165, 1.54) is 32.1 Å². The number of hydrogen-bond donors (Lipinski definition) is 2. The maximum atomic E-state index is 11.0. The molecule has 1 saturated carbocycles. The summed E-state index contributed by atoms with van der Waals surface area (Å²) in [6.45, 7) is 1.19. The third-order valence-electron chi connectivity index (χ3n) is 3.58. The van der Waals surface area contributed by atoms with Crippen LogP contribution in [-0.4, -0.2) is 32.6 Å². The zero-order valence-corrected chi connectivity index (χ0v) is 10.5. The Morgan fingerprint density at radius 1 is 1.39 bits per heavy atom. The van der Waals surface area contributed by atoms with E-state index < -0.39 is 5.97 Å². The van der Waals surface area contributed by atoms with E-state index in [2.05, 4.69) is 10.3 Å². The lowest BCUT2D eigenvalue weighted by atomic mass is 9.89. The molecule has 0 bridgehead atoms. The fraction of sp³-hybridized carbons (Fsp3) is 0.750. The fourth-order valence-corrected chi connectivity index (χ4v) is 2.64. The quantitative estimate of drug-likeness (QED) is 0.817. The van der Waals surface area contributed by atoms with Crippen LogP contribution < -0.4 is 5.73 Å². The third-order valence-corrected chi connectivity index (χ3v) is 3.58. The minimum absolute atomic E-state index is 0.0521. The highest BCUT2D eigenvalue weighted by Crippen LogP contribution is 2.25. The molecular formula is C12H20N4O2. The van der Waals surface area contributed by atoms with Crippen LogP contribution in [0.5, 0.6) is 0 Å². The molecule has 1 heterocycles. The van der Waals surface area contributed by atoms with Gasteiger partial charge in [-0.25, -0.2) is 9.48 Å². The van der Waals surface area contributed by atoms with E-state index in [0.29, 0.717) is 24.6 Å². The second-order valence-electron chi connectivity index (χ2n) is 4.91. The van der Waals surface area contributed by atoms with Gasteiger partial charge in [0.05, 0.1) is 5.69 Å². The second kappa shape index (κ2) is 5.95. The van der Waals surface area contributed by atoms with Crippen molar-refractivity contribution in [2.45, 2.75) is 45.1 Å². The molecule has 1 aliphatic rings. The van der Waals surface area contributed by atoms with Gasteiger partial charge >= 0.3 is 5.97 Å². The molecule has 0 spiro atoms. The number of aromatic carboxylic acids is 1. The molecule has 0 aromatic carbocycles. The van der Waals surface area contributed by atoms with Gasteiger partial charge in [0.1, 0.15) is 0 Å². The topological polar surface area (TPSA) is 94.0 Å². The van der Waals surface area contributed by atoms with E-state index in [4.69, 9.17) is 10.8 Å². The van der Waals surface area contributed by atoms with Gasteiger partial charge in [0.2, 0.25) is 0 Å². The molecular weight excluding hydrogens is 232 g/mol. The first kappa shape index (κ1) is 13.0. The number of nitrogens with two attached hydrogens (primary N) is 1. The predicted octanol–water partition coefficient (Wildman–Crippen LogP) is 1.06. The zero-order valence-electron chi connectivity index (χ0n) is 10.5. The van der Waals surface area contributed by atoms with E-state index in [1.807, 2.05) is 0 Å². The molecule has 2 rings (SSSR count). The van der Waals surface area contributed by atoms with Crippen molar-refractivity contribution in [1.82, 2.24) is 15.0 Å². The lowest BCUT2D eigenvalue weighted by molar-refractivity contribution is 0.0689. The summed E-state index contributed by atoms with van der Waals surface area (Å²) in [5, 5.41) is 16.8. The Bertz CT molecular complexity index is 410. The van der Waals surface area contributed by atoms with Crippen molar-refractivity contribution in [3.63, 3.8) is 0 Å². The van der Waals surface area contributed by atoms with Crippen LogP contribution in [0.2, 0.25) is 0 Å². The average molecular weight is 252 g/mol. The van der Waals surface area contributed by atoms with Crippen LogP contribution in [0.25, 0.3) is 0 Å². The van der Waals surface area contributed by atoms with Crippen LogP contribution in [0.3, 0.4) is 0 Å². The molecule has 6 heteroatoms. The van der Waals surface area contributed by atoms with Gasteiger partial charge in [-0.2, -0.15) is 0 Å². The number of carbonyl (C=O) groups is 1. The maximum Gasteiger partial charge on any atom is 0.358 e. The SMILES string of the molecule is NCCc1c(C(=O)O)nnn1CC1CCCCC1. The van der Waals surface area contributed by atoms with Crippen molar-refractivity contribution >= 4 is 5.97 Å². The van der Waals surface area contributed by atoms with Gasteiger partial charge in [-0.05, 0) is 25.3 Å². The zero-order chi connectivity index (χ0) is 13.0. The third kappa shape index (κ3) is 2.87. The van der Waals surface area contributed by atoms with Gasteiger partial charge in [0.15, 0.2) is 5.69 Å². The Labute approximate surface area is 106 Å². The number of hydrogen-bond acceptors (Lipinski definition) is 4. The number of aromatic nitrogens is 3. The normalized spacial score (nSPS) is 16.9. The van der Waals surface area contributed by atoms with E-state index >= 15 is 0 Å². The van der Waals surface area contributed by atoms with Gasteiger partial charge in [-0.3, -0.25) is 0 Å². The summed E-state index contributed by atoms with van der Waals surface area (Å²) >= 11 is 0. The smallest absolute Gasteiger partial charge is 0.358 e. The van der Waals surface area contributed by atoms with Gasteiger partial charge in [-0.15, -0.1) is 5.10 Å². The molecule has 0 aliphatic heterocycles. The minimum atomic E-state index is -1.02. The largest absolute Gasteiger partial charge is 0.476 e. The number of nitrogens with zero attached hydrogens (tertiary/aromatic N) is 3. The van der Waals surface area contributed by atoms with Crippen LogP contribution >= 0.6 is 0 Å². The van der Waals surface area contributed by atoms with Crippen molar-refractivity contribution in [3.8, 4) is 0 Å². The minimum Gasteiger partial charge on any atom is -0.476 e. The molecule has 1 aromatic rings. The lowest BCUT2D eigenvalue weighted by Gasteiger charge is -2.21. The van der Waals surface area contributed by atoms with Crippen LogP contribution in [0, 0.1) is 5.92 Å². The Hall–Kier alpha value is -1.43. The van der Waals surface area contributed by atoms with Crippen LogP contribution in [-0.2, 0) is 13.0 Å². The van der Waals surface area contributed by atoms with Gasteiger partial charge < -0.3 is 10.8 Å². The van der Waals surface area contributed by atoms with E-state index in [1.54, 1.807) is 4.68 Å². The second-order valence-corrected chi connectivity index (χ2v) is 4.91. The first-order chi connectivity index (χ1) is 8.72. The number of carboxylic acid groups (broad SMARTS) is 1. The summed E-state index contributed by atoms with van der Waals surface area (Å²) in [6, 6.07) is 0. The van der Waals surface area contributed by atoms with Crippen LogP contribution in [0.15, 0.2) is 0 Å². The maximum absolute atomic E-state index is 11.0. The Morgan fingerprint density at radius 3 is 2.72 bits per heavy atom. The molecule has 0 unspecified atom stereocenters. The molecule has 0 radical (unpaired) electrons. The first-order valence-corrected chi connectivity index (χ1v) is 6.58. The molecule has 0 saturated heterocycles. The summed E-state index contributed by atoms with van der Waals surface area (Å²) in [5.41, 5.74) is 6.24. The van der Waals surface area contributed by atoms with Crippen molar-refractivity contribution in [2.24, 2.45) is 11.7 Å². The predicted molar refractivity (Wildman–Crippen MR) is 66.3 cm³/mol. The molecule has 1 aliphatic carbocycles.